The van der Waals surface area contributed by atoms with E-state index in [0.717, 1.165) is 27.8 Å². The number of rotatable bonds is 9. The highest BCUT2D eigenvalue weighted by Gasteiger charge is 2.41. The molecule has 1 heterocycles. The molecule has 0 spiro atoms. The molecular weight excluding hydrogens is 550 g/mol. The number of hydrogen-bond donors (Lipinski definition) is 2. The molecule has 8 nitrogen and oxygen atoms in total. The van der Waals surface area contributed by atoms with Gasteiger partial charge in [-0.15, -0.1) is 0 Å². The van der Waals surface area contributed by atoms with E-state index in [-0.39, 0.29) is 16.5 Å². The van der Waals surface area contributed by atoms with Crippen molar-refractivity contribution in [2.45, 2.75) is 18.7 Å². The van der Waals surface area contributed by atoms with Crippen molar-refractivity contribution in [1.82, 2.24) is 0 Å². The molecule has 0 atom stereocenters. The number of amides is 3. The number of thioether (sulfide) groups is 1. The first-order chi connectivity index (χ1) is 20.3. The van der Waals surface area contributed by atoms with Crippen molar-refractivity contribution in [2.24, 2.45) is 0 Å². The SMILES string of the molecule is COc1ccc(C(=O)Nc2cccc(SC3=C(Nc4ccc(C)cc4)C(=O)N(c4cc(C)ccc4OC)C3=O)c2)cc1. The number of carbonyl (C=O) groups is 3. The predicted octanol–water partition coefficient (Wildman–Crippen LogP) is 6.56. The van der Waals surface area contributed by atoms with Crippen LogP contribution in [-0.4, -0.2) is 31.9 Å². The third kappa shape index (κ3) is 6.01. The smallest absolute Gasteiger partial charge is 0.283 e. The molecule has 1 aliphatic rings. The van der Waals surface area contributed by atoms with Gasteiger partial charge in [-0.1, -0.05) is 41.6 Å². The number of anilines is 3. The molecule has 0 fully saturated rings. The Labute approximate surface area is 248 Å². The van der Waals surface area contributed by atoms with Crippen molar-refractivity contribution in [3.63, 3.8) is 0 Å². The average molecular weight is 580 g/mol. The molecular formula is C33H29N3O5S. The van der Waals surface area contributed by atoms with Crippen LogP contribution >= 0.6 is 11.8 Å². The highest BCUT2D eigenvalue weighted by molar-refractivity contribution is 8.04. The fourth-order valence-corrected chi connectivity index (χ4v) is 5.38. The molecule has 212 valence electrons. The maximum Gasteiger partial charge on any atom is 0.283 e. The lowest BCUT2D eigenvalue weighted by molar-refractivity contribution is -0.120. The van der Waals surface area contributed by atoms with Crippen LogP contribution in [0.3, 0.4) is 0 Å². The highest BCUT2D eigenvalue weighted by Crippen LogP contribution is 2.41. The van der Waals surface area contributed by atoms with Crippen molar-refractivity contribution < 1.29 is 23.9 Å². The number of hydrogen-bond acceptors (Lipinski definition) is 7. The number of methoxy groups -OCH3 is 2. The minimum absolute atomic E-state index is 0.157. The Hall–Kier alpha value is -5.02. The number of aryl methyl sites for hydroxylation is 2. The molecule has 2 N–H and O–H groups in total. The van der Waals surface area contributed by atoms with E-state index in [1.807, 2.05) is 50.2 Å². The van der Waals surface area contributed by atoms with Gasteiger partial charge < -0.3 is 20.1 Å². The largest absolute Gasteiger partial charge is 0.497 e. The second-order valence-electron chi connectivity index (χ2n) is 9.63. The first-order valence-electron chi connectivity index (χ1n) is 13.1. The Balaban J connectivity index is 1.46. The summed E-state index contributed by atoms with van der Waals surface area (Å²) in [5.74, 6) is -0.189. The van der Waals surface area contributed by atoms with Crippen molar-refractivity contribution in [3.8, 4) is 11.5 Å². The maximum absolute atomic E-state index is 13.9. The van der Waals surface area contributed by atoms with Gasteiger partial charge in [-0.05, 0) is 86.1 Å². The van der Waals surface area contributed by atoms with Gasteiger partial charge in [0.1, 0.15) is 22.1 Å². The van der Waals surface area contributed by atoms with E-state index >= 15 is 0 Å². The molecule has 1 aliphatic heterocycles. The summed E-state index contributed by atoms with van der Waals surface area (Å²) in [5, 5.41) is 6.06. The van der Waals surface area contributed by atoms with Gasteiger partial charge in [0, 0.05) is 21.8 Å². The lowest BCUT2D eigenvalue weighted by Crippen LogP contribution is -2.32. The molecule has 3 amide bonds. The third-order valence-corrected chi connectivity index (χ3v) is 7.67. The van der Waals surface area contributed by atoms with E-state index in [0.29, 0.717) is 39.0 Å². The normalized spacial score (nSPS) is 12.9. The second-order valence-corrected chi connectivity index (χ2v) is 10.7. The predicted molar refractivity (Wildman–Crippen MR) is 165 cm³/mol. The lowest BCUT2D eigenvalue weighted by Gasteiger charge is -2.19. The lowest BCUT2D eigenvalue weighted by atomic mass is 10.2. The number of ether oxygens (including phenoxy) is 2. The molecule has 4 aromatic rings. The molecule has 0 unspecified atom stereocenters. The first kappa shape index (κ1) is 28.5. The molecule has 0 aromatic heterocycles. The van der Waals surface area contributed by atoms with Crippen LogP contribution in [0.2, 0.25) is 0 Å². The Kier molecular flexibility index (Phi) is 8.31. The van der Waals surface area contributed by atoms with Crippen LogP contribution in [0.25, 0.3) is 0 Å². The van der Waals surface area contributed by atoms with Crippen LogP contribution < -0.4 is 25.0 Å². The average Bonchev–Trinajstić information content (AvgIpc) is 3.22. The zero-order valence-electron chi connectivity index (χ0n) is 23.6. The van der Waals surface area contributed by atoms with Crippen LogP contribution in [0.15, 0.2) is 106 Å². The van der Waals surface area contributed by atoms with Crippen molar-refractivity contribution in [2.75, 3.05) is 29.8 Å². The van der Waals surface area contributed by atoms with Gasteiger partial charge in [0.25, 0.3) is 17.7 Å². The molecule has 9 heteroatoms. The van der Waals surface area contributed by atoms with Gasteiger partial charge in [0.05, 0.1) is 19.9 Å². The zero-order chi connectivity index (χ0) is 29.8. The summed E-state index contributed by atoms with van der Waals surface area (Å²) in [4.78, 5) is 42.6. The summed E-state index contributed by atoms with van der Waals surface area (Å²) in [6.45, 7) is 3.86. The number of benzene rings is 4. The molecule has 0 radical (unpaired) electrons. The summed E-state index contributed by atoms with van der Waals surface area (Å²) in [6.07, 6.45) is 0. The topological polar surface area (TPSA) is 97.0 Å². The quantitative estimate of drug-likeness (QED) is 0.217. The van der Waals surface area contributed by atoms with Gasteiger partial charge in [0.2, 0.25) is 0 Å². The molecule has 0 saturated carbocycles. The first-order valence-corrected chi connectivity index (χ1v) is 13.9. The minimum Gasteiger partial charge on any atom is -0.497 e. The van der Waals surface area contributed by atoms with Crippen LogP contribution in [-0.2, 0) is 9.59 Å². The van der Waals surface area contributed by atoms with Gasteiger partial charge in [-0.3, -0.25) is 14.4 Å². The van der Waals surface area contributed by atoms with E-state index in [2.05, 4.69) is 10.6 Å². The summed E-state index contributed by atoms with van der Waals surface area (Å²) in [5.41, 5.74) is 4.16. The van der Waals surface area contributed by atoms with Gasteiger partial charge in [-0.2, -0.15) is 0 Å². The van der Waals surface area contributed by atoms with E-state index < -0.39 is 11.8 Å². The Morgan fingerprint density at radius 1 is 0.762 bits per heavy atom. The van der Waals surface area contributed by atoms with Gasteiger partial charge in [0.15, 0.2) is 0 Å². The highest BCUT2D eigenvalue weighted by atomic mass is 32.2. The molecule has 4 aromatic carbocycles. The fraction of sp³-hybridized carbons (Fsp3) is 0.121. The van der Waals surface area contributed by atoms with E-state index in [9.17, 15) is 14.4 Å². The van der Waals surface area contributed by atoms with Crippen LogP contribution in [0.1, 0.15) is 21.5 Å². The monoisotopic (exact) mass is 579 g/mol. The van der Waals surface area contributed by atoms with Crippen molar-refractivity contribution in [3.05, 3.63) is 118 Å². The van der Waals surface area contributed by atoms with E-state index in [1.165, 1.54) is 7.11 Å². The maximum atomic E-state index is 13.9. The van der Waals surface area contributed by atoms with Crippen LogP contribution in [0.4, 0.5) is 17.1 Å². The summed E-state index contributed by atoms with van der Waals surface area (Å²) in [6, 6.07) is 26.8. The van der Waals surface area contributed by atoms with E-state index in [1.54, 1.807) is 61.7 Å². The van der Waals surface area contributed by atoms with Gasteiger partial charge >= 0.3 is 0 Å². The molecule has 5 rings (SSSR count). The second kappa shape index (κ2) is 12.2. The third-order valence-electron chi connectivity index (χ3n) is 6.60. The molecule has 42 heavy (non-hydrogen) atoms. The Bertz CT molecular complexity index is 1700. The number of imide groups is 1. The van der Waals surface area contributed by atoms with Crippen LogP contribution in [0, 0.1) is 13.8 Å². The standard InChI is InChI=1S/C33H29N3O5S/c1-20-8-13-23(14-9-20)34-29-30(33(39)36(32(29)38)27-18-21(2)10-17-28(27)41-4)42-26-7-5-6-24(19-26)35-31(37)22-11-15-25(40-3)16-12-22/h5-19,34H,1-4H3,(H,35,37). The minimum atomic E-state index is -0.490. The molecule has 0 saturated heterocycles. The Morgan fingerprint density at radius 3 is 2.17 bits per heavy atom. The zero-order valence-corrected chi connectivity index (χ0v) is 24.4. The Morgan fingerprint density at radius 2 is 1.48 bits per heavy atom. The fourth-order valence-electron chi connectivity index (χ4n) is 4.39. The number of nitrogens with zero attached hydrogens (tertiary/aromatic N) is 1. The molecule has 0 aliphatic carbocycles. The number of carbonyl (C=O) groups excluding carboxylic acids is 3. The van der Waals surface area contributed by atoms with E-state index in [4.69, 9.17) is 9.47 Å². The summed E-state index contributed by atoms with van der Waals surface area (Å²) < 4.78 is 10.7. The summed E-state index contributed by atoms with van der Waals surface area (Å²) in [7, 11) is 3.06. The summed E-state index contributed by atoms with van der Waals surface area (Å²) >= 11 is 1.15. The van der Waals surface area contributed by atoms with Gasteiger partial charge in [-0.25, -0.2) is 4.90 Å². The van der Waals surface area contributed by atoms with Crippen molar-refractivity contribution in [1.29, 1.82) is 0 Å². The molecule has 0 bridgehead atoms. The van der Waals surface area contributed by atoms with Crippen LogP contribution in [0.5, 0.6) is 11.5 Å². The number of nitrogens with one attached hydrogen (secondary N) is 2. The van der Waals surface area contributed by atoms with Crippen molar-refractivity contribution >= 4 is 46.5 Å².